The van der Waals surface area contributed by atoms with Crippen molar-refractivity contribution in [1.29, 1.82) is 0 Å². The van der Waals surface area contributed by atoms with Crippen molar-refractivity contribution in [1.82, 2.24) is 0 Å². The zero-order chi connectivity index (χ0) is 18.1. The van der Waals surface area contributed by atoms with E-state index in [1.165, 1.54) is 0 Å². The molecule has 3 unspecified atom stereocenters. The van der Waals surface area contributed by atoms with Crippen molar-refractivity contribution in [3.8, 4) is 0 Å². The van der Waals surface area contributed by atoms with Crippen LogP contribution in [0.3, 0.4) is 0 Å². The van der Waals surface area contributed by atoms with E-state index in [4.69, 9.17) is 27.1 Å². The second kappa shape index (κ2) is 6.86. The average molecular weight is 369 g/mol. The lowest BCUT2D eigenvalue weighted by Crippen LogP contribution is -2.54. The van der Waals surface area contributed by atoms with Crippen molar-refractivity contribution in [3.05, 3.63) is 70.7 Å². The summed E-state index contributed by atoms with van der Waals surface area (Å²) < 4.78 is 5.92. The largest absolute Gasteiger partial charge is 0.468 e. The summed E-state index contributed by atoms with van der Waals surface area (Å²) in [5.74, 6) is 0.450. The van der Waals surface area contributed by atoms with Gasteiger partial charge in [-0.05, 0) is 37.3 Å². The number of fused-ring (bicyclic) bond motifs is 2. The highest BCUT2D eigenvalue weighted by atomic mass is 35.5. The first-order valence-electron chi connectivity index (χ1n) is 8.95. The Morgan fingerprint density at radius 1 is 1.19 bits per heavy atom. The first-order chi connectivity index (χ1) is 12.6. The normalized spacial score (nSPS) is 26.0. The zero-order valence-corrected chi connectivity index (χ0v) is 15.2. The van der Waals surface area contributed by atoms with Crippen LogP contribution in [0.15, 0.2) is 59.6 Å². The van der Waals surface area contributed by atoms with E-state index in [-0.39, 0.29) is 5.78 Å². The molecule has 26 heavy (non-hydrogen) atoms. The molecule has 2 aliphatic rings. The van der Waals surface area contributed by atoms with Crippen molar-refractivity contribution in [2.45, 2.75) is 43.4 Å². The van der Waals surface area contributed by atoms with Crippen LogP contribution in [0.4, 0.5) is 0 Å². The molecule has 1 heterocycles. The number of Topliss-reactive ketones (excluding diaryl/α,β-unsaturated/α-hetero) is 1. The van der Waals surface area contributed by atoms with Crippen LogP contribution in [-0.2, 0) is 21.5 Å². The van der Waals surface area contributed by atoms with Gasteiger partial charge in [0, 0.05) is 10.6 Å². The van der Waals surface area contributed by atoms with Gasteiger partial charge in [-0.15, -0.1) is 0 Å². The molecule has 0 saturated heterocycles. The minimum atomic E-state index is -0.969. The Labute approximate surface area is 158 Å². The van der Waals surface area contributed by atoms with Crippen LogP contribution in [0.5, 0.6) is 0 Å². The van der Waals surface area contributed by atoms with Gasteiger partial charge in [0.2, 0.25) is 11.7 Å². The maximum atomic E-state index is 13.1. The molecule has 1 aliphatic heterocycles. The maximum absolute atomic E-state index is 13.1. The van der Waals surface area contributed by atoms with E-state index in [0.717, 1.165) is 17.5 Å². The van der Waals surface area contributed by atoms with E-state index in [0.29, 0.717) is 30.2 Å². The lowest BCUT2D eigenvalue weighted by molar-refractivity contribution is -0.137. The highest BCUT2D eigenvalue weighted by Gasteiger charge is 2.52. The summed E-state index contributed by atoms with van der Waals surface area (Å²) in [6.07, 6.45) is 2.32. The third kappa shape index (κ3) is 2.93. The van der Waals surface area contributed by atoms with Crippen molar-refractivity contribution >= 4 is 23.3 Å². The quantitative estimate of drug-likeness (QED) is 0.895. The first kappa shape index (κ1) is 17.3. The van der Waals surface area contributed by atoms with Gasteiger partial charge in [-0.2, -0.15) is 0 Å². The Balaban J connectivity index is 1.73. The Kier molecular flexibility index (Phi) is 4.55. The molecule has 3 atom stereocenters. The Morgan fingerprint density at radius 2 is 1.92 bits per heavy atom. The molecule has 0 radical (unpaired) electrons. The van der Waals surface area contributed by atoms with E-state index < -0.39 is 17.7 Å². The number of aliphatic imine (C=N–C) groups is 1. The number of nitrogens with two attached hydrogens (primary N) is 1. The lowest BCUT2D eigenvalue weighted by atomic mass is 9.73. The minimum absolute atomic E-state index is 0.00693. The molecular weight excluding hydrogens is 348 g/mol. The fraction of sp³-hybridized carbons (Fsp3) is 0.333. The van der Waals surface area contributed by atoms with Gasteiger partial charge >= 0.3 is 0 Å². The van der Waals surface area contributed by atoms with Crippen molar-refractivity contribution < 1.29 is 9.53 Å². The van der Waals surface area contributed by atoms with Crippen LogP contribution >= 0.6 is 11.6 Å². The molecule has 2 N–H and O–H groups in total. The smallest absolute Gasteiger partial charge is 0.205 e. The van der Waals surface area contributed by atoms with Gasteiger partial charge in [-0.3, -0.25) is 4.79 Å². The number of benzene rings is 2. The van der Waals surface area contributed by atoms with Crippen LogP contribution in [0.2, 0.25) is 5.02 Å². The van der Waals surface area contributed by atoms with E-state index in [1.54, 1.807) is 6.07 Å². The fourth-order valence-corrected chi connectivity index (χ4v) is 4.19. The number of ether oxygens (including phenoxy) is 1. The highest BCUT2D eigenvalue weighted by molar-refractivity contribution is 6.32. The molecular formula is C21H21ClN2O2. The standard InChI is InChI=1S/C21H21ClN2O2/c22-16-10-5-4-9-15(16)21-12-6-11-18(19(21)25)26-20(24-21)17(23)13-14-7-2-1-3-8-14/h1-5,7-10,17-18H,6,11-13,23H2. The van der Waals surface area contributed by atoms with Gasteiger partial charge in [-0.1, -0.05) is 60.1 Å². The zero-order valence-electron chi connectivity index (χ0n) is 14.4. The molecule has 2 aromatic carbocycles. The molecule has 2 bridgehead atoms. The lowest BCUT2D eigenvalue weighted by Gasteiger charge is -2.42. The number of rotatable bonds is 4. The van der Waals surface area contributed by atoms with E-state index in [2.05, 4.69) is 0 Å². The molecule has 134 valence electrons. The van der Waals surface area contributed by atoms with Gasteiger partial charge in [-0.25, -0.2) is 4.99 Å². The van der Waals surface area contributed by atoms with Crippen LogP contribution in [0.25, 0.3) is 0 Å². The second-order valence-electron chi connectivity index (χ2n) is 6.95. The van der Waals surface area contributed by atoms with Crippen molar-refractivity contribution in [2.75, 3.05) is 0 Å². The maximum Gasteiger partial charge on any atom is 0.205 e. The van der Waals surface area contributed by atoms with E-state index in [1.807, 2.05) is 48.5 Å². The van der Waals surface area contributed by atoms with Crippen LogP contribution < -0.4 is 5.73 Å². The number of carbonyl (C=O) groups excluding carboxylic acids is 1. The predicted molar refractivity (Wildman–Crippen MR) is 102 cm³/mol. The van der Waals surface area contributed by atoms with Crippen LogP contribution in [0, 0.1) is 0 Å². The number of ketones is 1. The van der Waals surface area contributed by atoms with Crippen LogP contribution in [0.1, 0.15) is 30.4 Å². The molecule has 2 aromatic rings. The molecule has 1 saturated carbocycles. The molecule has 0 spiro atoms. The fourth-order valence-electron chi connectivity index (χ4n) is 3.90. The molecule has 4 nitrogen and oxygen atoms in total. The summed E-state index contributed by atoms with van der Waals surface area (Å²) in [7, 11) is 0. The Morgan fingerprint density at radius 3 is 2.69 bits per heavy atom. The summed E-state index contributed by atoms with van der Waals surface area (Å²) in [5.41, 5.74) is 7.30. The van der Waals surface area contributed by atoms with Gasteiger partial charge in [0.1, 0.15) is 0 Å². The van der Waals surface area contributed by atoms with E-state index >= 15 is 0 Å². The Bertz CT molecular complexity index is 852. The number of hydrogen-bond acceptors (Lipinski definition) is 4. The van der Waals surface area contributed by atoms with Gasteiger partial charge in [0.05, 0.1) is 6.04 Å². The Hall–Kier alpha value is -2.17. The van der Waals surface area contributed by atoms with Crippen LogP contribution in [-0.4, -0.2) is 23.8 Å². The summed E-state index contributed by atoms with van der Waals surface area (Å²) in [4.78, 5) is 17.9. The van der Waals surface area contributed by atoms with E-state index in [9.17, 15) is 4.79 Å². The van der Waals surface area contributed by atoms with Gasteiger partial charge in [0.25, 0.3) is 0 Å². The number of hydrogen-bond donors (Lipinski definition) is 1. The molecule has 0 aromatic heterocycles. The second-order valence-corrected chi connectivity index (χ2v) is 7.36. The highest BCUT2D eigenvalue weighted by Crippen LogP contribution is 2.44. The SMILES string of the molecule is NC(Cc1ccccc1)C1=NC2(c3ccccc3Cl)CCCC(O1)C2=O. The minimum Gasteiger partial charge on any atom is -0.468 e. The number of carbonyl (C=O) groups is 1. The summed E-state index contributed by atoms with van der Waals surface area (Å²) in [5, 5.41) is 0.558. The van der Waals surface area contributed by atoms with Crippen molar-refractivity contribution in [2.24, 2.45) is 10.7 Å². The molecule has 0 amide bonds. The molecule has 5 heteroatoms. The topological polar surface area (TPSA) is 64.7 Å². The molecule has 4 rings (SSSR count). The predicted octanol–water partition coefficient (Wildman–Crippen LogP) is 3.66. The third-order valence-corrected chi connectivity index (χ3v) is 5.53. The van der Waals surface area contributed by atoms with Crippen molar-refractivity contribution in [3.63, 3.8) is 0 Å². The summed E-state index contributed by atoms with van der Waals surface area (Å²) in [6.45, 7) is 0. The average Bonchev–Trinajstić information content (AvgIpc) is 2.63. The monoisotopic (exact) mass is 368 g/mol. The third-order valence-electron chi connectivity index (χ3n) is 5.20. The summed E-state index contributed by atoms with van der Waals surface area (Å²) in [6, 6.07) is 17.0. The number of halogens is 1. The van der Waals surface area contributed by atoms with Gasteiger partial charge < -0.3 is 10.5 Å². The molecule has 1 aliphatic carbocycles. The number of nitrogens with zero attached hydrogens (tertiary/aromatic N) is 1. The summed E-state index contributed by atoms with van der Waals surface area (Å²) >= 11 is 6.43. The molecule has 1 fully saturated rings. The van der Waals surface area contributed by atoms with Gasteiger partial charge in [0.15, 0.2) is 11.6 Å². The first-order valence-corrected chi connectivity index (χ1v) is 9.33.